The van der Waals surface area contributed by atoms with Crippen LogP contribution in [0.25, 0.3) is 11.6 Å². The second-order valence-corrected chi connectivity index (χ2v) is 5.56. The summed E-state index contributed by atoms with van der Waals surface area (Å²) >= 11 is 0. The second kappa shape index (κ2) is 7.94. The molecule has 142 valence electrons. The molecule has 0 saturated carbocycles. The maximum absolute atomic E-state index is 12.8. The van der Waals surface area contributed by atoms with Gasteiger partial charge >= 0.3 is 6.18 Å². The first kappa shape index (κ1) is 18.5. The van der Waals surface area contributed by atoms with Crippen molar-refractivity contribution in [2.45, 2.75) is 19.3 Å². The lowest BCUT2D eigenvalue weighted by Gasteiger charge is -2.12. The molecule has 3 rings (SSSR count). The highest BCUT2D eigenvalue weighted by atomic mass is 19.4. The predicted octanol–water partition coefficient (Wildman–Crippen LogP) is 2.95. The molecule has 0 unspecified atom stereocenters. The molecule has 0 aliphatic rings. The summed E-state index contributed by atoms with van der Waals surface area (Å²) in [4.78, 5) is 8.32. The highest BCUT2D eigenvalue weighted by molar-refractivity contribution is 5.79. The van der Waals surface area contributed by atoms with Gasteiger partial charge in [-0.25, -0.2) is 4.98 Å². The maximum atomic E-state index is 12.8. The molecular formula is C17H17F3N6O. The van der Waals surface area contributed by atoms with Gasteiger partial charge in [0.2, 0.25) is 5.82 Å². The average molecular weight is 378 g/mol. The smallest absolute Gasteiger partial charge is 0.416 e. The number of aromatic nitrogens is 3. The van der Waals surface area contributed by atoms with Crippen molar-refractivity contribution < 1.29 is 17.6 Å². The van der Waals surface area contributed by atoms with Crippen molar-refractivity contribution in [1.82, 2.24) is 25.8 Å². The number of alkyl halides is 3. The Morgan fingerprint density at radius 1 is 1.19 bits per heavy atom. The van der Waals surface area contributed by atoms with Crippen LogP contribution in [0.3, 0.4) is 0 Å². The zero-order valence-corrected chi connectivity index (χ0v) is 14.3. The van der Waals surface area contributed by atoms with E-state index in [2.05, 4.69) is 30.8 Å². The van der Waals surface area contributed by atoms with Gasteiger partial charge in [-0.15, -0.1) is 5.10 Å². The summed E-state index contributed by atoms with van der Waals surface area (Å²) in [5.74, 6) is 1.96. The molecule has 0 spiro atoms. The fourth-order valence-electron chi connectivity index (χ4n) is 2.32. The first-order chi connectivity index (χ1) is 13.0. The quantitative estimate of drug-likeness (QED) is 0.469. The molecule has 0 radical (unpaired) electrons. The van der Waals surface area contributed by atoms with Crippen LogP contribution < -0.4 is 10.6 Å². The molecule has 0 amide bonds. The molecule has 2 heterocycles. The fraction of sp³-hybridized carbons (Fsp3) is 0.235. The lowest BCUT2D eigenvalue weighted by atomic mass is 10.1. The van der Waals surface area contributed by atoms with E-state index in [1.54, 1.807) is 25.2 Å². The minimum Gasteiger partial charge on any atom is -0.461 e. The van der Waals surface area contributed by atoms with E-state index in [-0.39, 0.29) is 6.54 Å². The molecule has 0 aliphatic heterocycles. The van der Waals surface area contributed by atoms with E-state index in [1.807, 2.05) is 0 Å². The van der Waals surface area contributed by atoms with E-state index in [0.717, 1.165) is 12.1 Å². The first-order valence-corrected chi connectivity index (χ1v) is 8.01. The summed E-state index contributed by atoms with van der Waals surface area (Å²) in [5, 5.41) is 12.8. The van der Waals surface area contributed by atoms with E-state index in [9.17, 15) is 13.2 Å². The van der Waals surface area contributed by atoms with Crippen LogP contribution in [0.15, 0.2) is 52.1 Å². The molecule has 0 aliphatic carbocycles. The SMILES string of the molecule is CN=C(NCc1cccc(C(F)(F)F)c1)NCc1nc(-c2ccco2)n[nH]1. The number of hydrogen-bond acceptors (Lipinski definition) is 4. The Labute approximate surface area is 152 Å². The predicted molar refractivity (Wildman–Crippen MR) is 92.6 cm³/mol. The maximum Gasteiger partial charge on any atom is 0.416 e. The highest BCUT2D eigenvalue weighted by Gasteiger charge is 2.30. The second-order valence-electron chi connectivity index (χ2n) is 5.56. The van der Waals surface area contributed by atoms with Crippen LogP contribution in [0.5, 0.6) is 0 Å². The monoisotopic (exact) mass is 378 g/mol. The van der Waals surface area contributed by atoms with E-state index in [0.29, 0.717) is 35.5 Å². The summed E-state index contributed by atoms with van der Waals surface area (Å²) in [7, 11) is 1.57. The largest absolute Gasteiger partial charge is 0.461 e. The third-order valence-electron chi connectivity index (χ3n) is 3.63. The van der Waals surface area contributed by atoms with Crippen molar-refractivity contribution in [3.05, 3.63) is 59.6 Å². The van der Waals surface area contributed by atoms with Gasteiger partial charge in [-0.1, -0.05) is 12.1 Å². The molecule has 0 atom stereocenters. The average Bonchev–Trinajstić information content (AvgIpc) is 3.33. The van der Waals surface area contributed by atoms with Crippen molar-refractivity contribution in [2.75, 3.05) is 7.05 Å². The number of nitrogens with zero attached hydrogens (tertiary/aromatic N) is 3. The molecule has 2 aromatic heterocycles. The van der Waals surface area contributed by atoms with E-state index in [1.165, 1.54) is 12.3 Å². The number of hydrogen-bond donors (Lipinski definition) is 3. The number of furan rings is 1. The van der Waals surface area contributed by atoms with Gasteiger partial charge < -0.3 is 15.1 Å². The van der Waals surface area contributed by atoms with Gasteiger partial charge in [0.25, 0.3) is 0 Å². The first-order valence-electron chi connectivity index (χ1n) is 8.01. The Balaban J connectivity index is 1.54. The Morgan fingerprint density at radius 2 is 2.00 bits per heavy atom. The minimum atomic E-state index is -4.37. The zero-order valence-electron chi connectivity index (χ0n) is 14.3. The van der Waals surface area contributed by atoms with Crippen LogP contribution in [-0.4, -0.2) is 28.2 Å². The Kier molecular flexibility index (Phi) is 5.43. The molecule has 0 fully saturated rings. The van der Waals surface area contributed by atoms with Gasteiger partial charge in [0.15, 0.2) is 11.7 Å². The summed E-state index contributed by atoms with van der Waals surface area (Å²) < 4.78 is 43.5. The number of aliphatic imine (C=N–C) groups is 1. The molecule has 3 N–H and O–H groups in total. The molecule has 27 heavy (non-hydrogen) atoms. The number of nitrogens with one attached hydrogen (secondary N) is 3. The summed E-state index contributed by atoms with van der Waals surface area (Å²) in [6.07, 6.45) is -2.84. The summed E-state index contributed by atoms with van der Waals surface area (Å²) in [6, 6.07) is 8.62. The molecule has 1 aromatic carbocycles. The molecule has 0 saturated heterocycles. The van der Waals surface area contributed by atoms with Crippen molar-refractivity contribution >= 4 is 5.96 Å². The van der Waals surface area contributed by atoms with Gasteiger partial charge in [0.1, 0.15) is 5.82 Å². The van der Waals surface area contributed by atoms with Crippen LogP contribution in [0.1, 0.15) is 17.0 Å². The number of guanidine groups is 1. The van der Waals surface area contributed by atoms with Crippen LogP contribution >= 0.6 is 0 Å². The van der Waals surface area contributed by atoms with Crippen LogP contribution in [0.4, 0.5) is 13.2 Å². The summed E-state index contributed by atoms with van der Waals surface area (Å²) in [5.41, 5.74) is -0.190. The van der Waals surface area contributed by atoms with Crippen LogP contribution in [0, 0.1) is 0 Å². The standard InChI is InChI=1S/C17H17F3N6O/c1-21-16(22-9-11-4-2-5-12(8-11)17(18,19)20)23-10-14-24-15(26-25-14)13-6-3-7-27-13/h2-8H,9-10H2,1H3,(H2,21,22,23)(H,24,25,26). The molecule has 0 bridgehead atoms. The van der Waals surface area contributed by atoms with Gasteiger partial charge in [-0.05, 0) is 29.8 Å². The minimum absolute atomic E-state index is 0.192. The Hall–Kier alpha value is -3.30. The van der Waals surface area contributed by atoms with Crippen LogP contribution in [0.2, 0.25) is 0 Å². The number of aromatic amines is 1. The fourth-order valence-corrected chi connectivity index (χ4v) is 2.32. The molecular weight excluding hydrogens is 361 g/mol. The number of H-pyrrole nitrogens is 1. The lowest BCUT2D eigenvalue weighted by Crippen LogP contribution is -2.36. The van der Waals surface area contributed by atoms with Crippen molar-refractivity contribution in [3.8, 4) is 11.6 Å². The molecule has 7 nitrogen and oxygen atoms in total. The topological polar surface area (TPSA) is 91.1 Å². The Morgan fingerprint density at radius 3 is 2.70 bits per heavy atom. The van der Waals surface area contributed by atoms with E-state index >= 15 is 0 Å². The number of rotatable bonds is 5. The third kappa shape index (κ3) is 4.87. The van der Waals surface area contributed by atoms with Crippen molar-refractivity contribution in [1.29, 1.82) is 0 Å². The van der Waals surface area contributed by atoms with E-state index < -0.39 is 11.7 Å². The van der Waals surface area contributed by atoms with Crippen molar-refractivity contribution in [3.63, 3.8) is 0 Å². The van der Waals surface area contributed by atoms with Crippen molar-refractivity contribution in [2.24, 2.45) is 4.99 Å². The number of benzene rings is 1. The van der Waals surface area contributed by atoms with E-state index in [4.69, 9.17) is 4.42 Å². The van der Waals surface area contributed by atoms with Crippen LogP contribution in [-0.2, 0) is 19.3 Å². The van der Waals surface area contributed by atoms with Gasteiger partial charge in [0.05, 0.1) is 18.4 Å². The van der Waals surface area contributed by atoms with Gasteiger partial charge in [-0.3, -0.25) is 10.1 Å². The van der Waals surface area contributed by atoms with Gasteiger partial charge in [0, 0.05) is 13.6 Å². The molecule has 10 heteroatoms. The highest BCUT2D eigenvalue weighted by Crippen LogP contribution is 2.29. The zero-order chi connectivity index (χ0) is 19.3. The van der Waals surface area contributed by atoms with Gasteiger partial charge in [-0.2, -0.15) is 13.2 Å². The molecule has 3 aromatic rings. The summed E-state index contributed by atoms with van der Waals surface area (Å²) in [6.45, 7) is 0.494. The number of halogens is 3. The third-order valence-corrected chi connectivity index (χ3v) is 3.63. The Bertz CT molecular complexity index is 902. The normalized spacial score (nSPS) is 12.2. The lowest BCUT2D eigenvalue weighted by molar-refractivity contribution is -0.137.